The van der Waals surface area contributed by atoms with E-state index in [1.165, 1.54) is 6.07 Å². The second-order valence-electron chi connectivity index (χ2n) is 8.50. The standard InChI is InChI=1S/C24H31FN2O2S/c25-23-8-2-1-5-20(23)17-26-11-9-19(10-12-26)16-27(18-21-6-3-13-29-21)24(28)15-22-7-4-14-30-22/h1-2,4-5,7-8,14,19,21H,3,6,9-13,15-18H2/t21-/m0/s1. The Morgan fingerprint density at radius 1 is 1.13 bits per heavy atom. The Labute approximate surface area is 182 Å². The van der Waals surface area contributed by atoms with Gasteiger partial charge < -0.3 is 9.64 Å². The van der Waals surface area contributed by atoms with E-state index in [4.69, 9.17) is 4.74 Å². The van der Waals surface area contributed by atoms with E-state index in [0.29, 0.717) is 25.4 Å². The van der Waals surface area contributed by atoms with Gasteiger partial charge in [-0.25, -0.2) is 4.39 Å². The summed E-state index contributed by atoms with van der Waals surface area (Å²) >= 11 is 1.64. The number of benzene rings is 1. The zero-order valence-corrected chi connectivity index (χ0v) is 18.3. The molecule has 6 heteroatoms. The summed E-state index contributed by atoms with van der Waals surface area (Å²) < 4.78 is 19.8. The third-order valence-electron chi connectivity index (χ3n) is 6.24. The van der Waals surface area contributed by atoms with Crippen LogP contribution in [0, 0.1) is 11.7 Å². The fraction of sp³-hybridized carbons (Fsp3) is 0.542. The molecule has 2 aliphatic rings. The number of carbonyl (C=O) groups is 1. The van der Waals surface area contributed by atoms with Crippen LogP contribution < -0.4 is 0 Å². The molecular weight excluding hydrogens is 399 g/mol. The number of piperidine rings is 1. The maximum absolute atomic E-state index is 13.9. The highest BCUT2D eigenvalue weighted by atomic mass is 32.1. The average molecular weight is 431 g/mol. The van der Waals surface area contributed by atoms with Gasteiger partial charge in [-0.1, -0.05) is 24.3 Å². The van der Waals surface area contributed by atoms with E-state index in [1.54, 1.807) is 17.4 Å². The van der Waals surface area contributed by atoms with Crippen LogP contribution in [0.3, 0.4) is 0 Å². The van der Waals surface area contributed by atoms with Crippen LogP contribution in [0.15, 0.2) is 41.8 Å². The SMILES string of the molecule is O=C(Cc1cccs1)N(CC1CCN(Cc2ccccc2F)CC1)C[C@@H]1CCCO1. The molecule has 1 aromatic carbocycles. The number of thiophene rings is 1. The van der Waals surface area contributed by atoms with Crippen LogP contribution in [0.25, 0.3) is 0 Å². The monoisotopic (exact) mass is 430 g/mol. The summed E-state index contributed by atoms with van der Waals surface area (Å²) in [4.78, 5) is 18.5. The molecule has 30 heavy (non-hydrogen) atoms. The minimum atomic E-state index is -0.124. The van der Waals surface area contributed by atoms with Crippen LogP contribution in [-0.4, -0.2) is 54.6 Å². The van der Waals surface area contributed by atoms with Gasteiger partial charge in [-0.05, 0) is 62.2 Å². The van der Waals surface area contributed by atoms with Crippen molar-refractivity contribution in [2.24, 2.45) is 5.92 Å². The number of halogens is 1. The van der Waals surface area contributed by atoms with Crippen LogP contribution in [0.1, 0.15) is 36.1 Å². The number of hydrogen-bond acceptors (Lipinski definition) is 4. The van der Waals surface area contributed by atoms with Crippen molar-refractivity contribution in [3.05, 3.63) is 58.0 Å². The second kappa shape index (κ2) is 10.5. The lowest BCUT2D eigenvalue weighted by molar-refractivity contribution is -0.133. The summed E-state index contributed by atoms with van der Waals surface area (Å²) in [5.41, 5.74) is 0.766. The molecule has 1 aromatic heterocycles. The van der Waals surface area contributed by atoms with Crippen LogP contribution >= 0.6 is 11.3 Å². The van der Waals surface area contributed by atoms with Gasteiger partial charge in [0.1, 0.15) is 5.82 Å². The molecule has 0 unspecified atom stereocenters. The van der Waals surface area contributed by atoms with Crippen LogP contribution in [0.2, 0.25) is 0 Å². The molecule has 1 amide bonds. The summed E-state index contributed by atoms with van der Waals surface area (Å²) in [6.07, 6.45) is 4.89. The van der Waals surface area contributed by atoms with Crippen LogP contribution in [0.4, 0.5) is 4.39 Å². The lowest BCUT2D eigenvalue weighted by Crippen LogP contribution is -2.44. The van der Waals surface area contributed by atoms with Crippen molar-refractivity contribution in [3.63, 3.8) is 0 Å². The van der Waals surface area contributed by atoms with Crippen molar-refractivity contribution in [1.29, 1.82) is 0 Å². The highest BCUT2D eigenvalue weighted by Gasteiger charge is 2.27. The molecule has 1 atom stereocenters. The van der Waals surface area contributed by atoms with Crippen molar-refractivity contribution >= 4 is 17.2 Å². The quantitative estimate of drug-likeness (QED) is 0.624. The molecule has 0 saturated carbocycles. The van der Waals surface area contributed by atoms with E-state index in [9.17, 15) is 9.18 Å². The molecule has 4 nitrogen and oxygen atoms in total. The minimum absolute atomic E-state index is 0.124. The van der Waals surface area contributed by atoms with Gasteiger partial charge in [-0.2, -0.15) is 0 Å². The largest absolute Gasteiger partial charge is 0.376 e. The number of rotatable bonds is 8. The third kappa shape index (κ3) is 5.90. The second-order valence-corrected chi connectivity index (χ2v) is 9.53. The Hall–Kier alpha value is -1.76. The van der Waals surface area contributed by atoms with Crippen molar-refractivity contribution in [2.45, 2.75) is 44.8 Å². The molecule has 0 N–H and O–H groups in total. The van der Waals surface area contributed by atoms with Gasteiger partial charge >= 0.3 is 0 Å². The van der Waals surface area contributed by atoms with E-state index in [2.05, 4.69) is 4.90 Å². The highest BCUT2D eigenvalue weighted by Crippen LogP contribution is 2.23. The summed E-state index contributed by atoms with van der Waals surface area (Å²) in [6.45, 7) is 4.89. The topological polar surface area (TPSA) is 32.8 Å². The number of likely N-dealkylation sites (tertiary alicyclic amines) is 1. The number of hydrogen-bond donors (Lipinski definition) is 0. The summed E-state index contributed by atoms with van der Waals surface area (Å²) in [5, 5.41) is 2.03. The number of ether oxygens (including phenoxy) is 1. The molecule has 2 aliphatic heterocycles. The molecule has 4 rings (SSSR count). The molecule has 2 fully saturated rings. The Balaban J connectivity index is 1.31. The Morgan fingerprint density at radius 2 is 1.97 bits per heavy atom. The first-order chi connectivity index (χ1) is 14.7. The van der Waals surface area contributed by atoms with E-state index < -0.39 is 0 Å². The lowest BCUT2D eigenvalue weighted by atomic mass is 9.95. The number of nitrogens with zero attached hydrogens (tertiary/aromatic N) is 2. The molecule has 0 spiro atoms. The van der Waals surface area contributed by atoms with Gasteiger partial charge in [0.25, 0.3) is 0 Å². The fourth-order valence-electron chi connectivity index (χ4n) is 4.49. The molecule has 2 saturated heterocycles. The van der Waals surface area contributed by atoms with Crippen LogP contribution in [-0.2, 0) is 22.5 Å². The Kier molecular flexibility index (Phi) is 7.52. The fourth-order valence-corrected chi connectivity index (χ4v) is 5.19. The van der Waals surface area contributed by atoms with E-state index in [1.807, 2.05) is 34.5 Å². The summed E-state index contributed by atoms with van der Waals surface area (Å²) in [5.74, 6) is 0.582. The van der Waals surface area contributed by atoms with Gasteiger partial charge in [0.2, 0.25) is 5.91 Å². The normalized spacial score (nSPS) is 20.5. The molecule has 2 aromatic rings. The zero-order valence-electron chi connectivity index (χ0n) is 17.5. The highest BCUT2D eigenvalue weighted by molar-refractivity contribution is 7.10. The maximum atomic E-state index is 13.9. The van der Waals surface area contributed by atoms with E-state index >= 15 is 0 Å². The molecular formula is C24H31FN2O2S. The van der Waals surface area contributed by atoms with Crippen molar-refractivity contribution in [3.8, 4) is 0 Å². The Morgan fingerprint density at radius 3 is 2.67 bits per heavy atom. The average Bonchev–Trinajstić information content (AvgIpc) is 3.45. The van der Waals surface area contributed by atoms with Gasteiger partial charge in [0.05, 0.1) is 12.5 Å². The zero-order chi connectivity index (χ0) is 20.8. The smallest absolute Gasteiger partial charge is 0.227 e. The lowest BCUT2D eigenvalue weighted by Gasteiger charge is -2.35. The molecule has 0 bridgehead atoms. The number of amides is 1. The third-order valence-corrected chi connectivity index (χ3v) is 7.12. The first kappa shape index (κ1) is 21.5. The van der Waals surface area contributed by atoms with Crippen LogP contribution in [0.5, 0.6) is 0 Å². The van der Waals surface area contributed by atoms with Gasteiger partial charge in [-0.15, -0.1) is 11.3 Å². The van der Waals surface area contributed by atoms with Gasteiger partial charge in [0.15, 0.2) is 0 Å². The number of carbonyl (C=O) groups excluding carboxylic acids is 1. The predicted molar refractivity (Wildman–Crippen MR) is 118 cm³/mol. The first-order valence-electron chi connectivity index (χ1n) is 11.0. The van der Waals surface area contributed by atoms with Gasteiger partial charge in [0, 0.05) is 36.7 Å². The first-order valence-corrected chi connectivity index (χ1v) is 11.9. The molecule has 0 aliphatic carbocycles. The molecule has 162 valence electrons. The predicted octanol–water partition coefficient (Wildman–Crippen LogP) is 4.35. The van der Waals surface area contributed by atoms with Gasteiger partial charge in [-0.3, -0.25) is 9.69 Å². The maximum Gasteiger partial charge on any atom is 0.227 e. The molecule has 3 heterocycles. The summed E-state index contributed by atoms with van der Waals surface area (Å²) in [6, 6.07) is 11.1. The van der Waals surface area contributed by atoms with E-state index in [0.717, 1.165) is 62.4 Å². The van der Waals surface area contributed by atoms with Crippen molar-refractivity contribution in [1.82, 2.24) is 9.80 Å². The minimum Gasteiger partial charge on any atom is -0.376 e. The van der Waals surface area contributed by atoms with Crippen molar-refractivity contribution in [2.75, 3.05) is 32.8 Å². The molecule has 0 radical (unpaired) electrons. The Bertz CT molecular complexity index is 799. The van der Waals surface area contributed by atoms with E-state index in [-0.39, 0.29) is 17.8 Å². The summed E-state index contributed by atoms with van der Waals surface area (Å²) in [7, 11) is 0. The van der Waals surface area contributed by atoms with Crippen molar-refractivity contribution < 1.29 is 13.9 Å².